The zero-order valence-corrected chi connectivity index (χ0v) is 11.9. The minimum absolute atomic E-state index is 0.187. The van der Waals surface area contributed by atoms with Crippen molar-refractivity contribution in [1.82, 2.24) is 0 Å². The number of ether oxygens (including phenoxy) is 1. The fourth-order valence-corrected chi connectivity index (χ4v) is 2.92. The van der Waals surface area contributed by atoms with Crippen LogP contribution in [0.5, 0.6) is 0 Å². The Labute approximate surface area is 117 Å². The minimum atomic E-state index is -0.985. The summed E-state index contributed by atoms with van der Waals surface area (Å²) in [5.74, 6) is -0.985. The molecule has 1 fully saturated rings. The Morgan fingerprint density at radius 3 is 2.84 bits per heavy atom. The molecule has 5 heteroatoms. The van der Waals surface area contributed by atoms with Gasteiger partial charge in [-0.1, -0.05) is 17.7 Å². The van der Waals surface area contributed by atoms with Crippen LogP contribution in [-0.4, -0.2) is 36.9 Å². The van der Waals surface area contributed by atoms with Crippen LogP contribution >= 0.6 is 11.6 Å². The van der Waals surface area contributed by atoms with Gasteiger partial charge in [-0.25, -0.2) is 4.79 Å². The quantitative estimate of drug-likeness (QED) is 0.926. The lowest BCUT2D eigenvalue weighted by molar-refractivity contribution is 0.0691. The van der Waals surface area contributed by atoms with Gasteiger partial charge in [0.1, 0.15) is 5.56 Å². The predicted molar refractivity (Wildman–Crippen MR) is 75.3 cm³/mol. The molecule has 1 N–H and O–H groups in total. The topological polar surface area (TPSA) is 49.8 Å². The number of rotatable bonds is 3. The molecule has 1 aromatic carbocycles. The summed E-state index contributed by atoms with van der Waals surface area (Å²) in [6.07, 6.45) is 2.04. The molecular weight excluding hydrogens is 266 g/mol. The highest BCUT2D eigenvalue weighted by Gasteiger charge is 2.28. The molecule has 0 spiro atoms. The van der Waals surface area contributed by atoms with E-state index in [2.05, 4.69) is 11.8 Å². The third kappa shape index (κ3) is 2.85. The molecule has 1 aromatic rings. The lowest BCUT2D eigenvalue weighted by Crippen LogP contribution is -2.43. The molecule has 1 saturated heterocycles. The Morgan fingerprint density at radius 2 is 2.26 bits per heavy atom. The number of hydrogen-bond donors (Lipinski definition) is 1. The number of benzene rings is 1. The van der Waals surface area contributed by atoms with Crippen molar-refractivity contribution >= 4 is 23.3 Å². The summed E-state index contributed by atoms with van der Waals surface area (Å²) in [7, 11) is 1.72. The second kappa shape index (κ2) is 5.80. The highest BCUT2D eigenvalue weighted by atomic mass is 35.5. The molecule has 104 valence electrons. The molecular formula is C14H18ClNO3. The summed E-state index contributed by atoms with van der Waals surface area (Å²) in [6.45, 7) is 2.86. The summed E-state index contributed by atoms with van der Waals surface area (Å²) < 4.78 is 5.38. The van der Waals surface area contributed by atoms with E-state index in [4.69, 9.17) is 16.3 Å². The Balaban J connectivity index is 2.32. The fraction of sp³-hybridized carbons (Fsp3) is 0.500. The van der Waals surface area contributed by atoms with E-state index >= 15 is 0 Å². The molecule has 2 atom stereocenters. The molecule has 0 bridgehead atoms. The van der Waals surface area contributed by atoms with E-state index in [0.29, 0.717) is 5.69 Å². The number of anilines is 1. The van der Waals surface area contributed by atoms with Crippen LogP contribution < -0.4 is 4.90 Å². The molecule has 19 heavy (non-hydrogen) atoms. The van der Waals surface area contributed by atoms with Gasteiger partial charge in [0, 0.05) is 19.7 Å². The molecule has 1 heterocycles. The Bertz CT molecular complexity index is 478. The number of carboxylic acids is 1. The van der Waals surface area contributed by atoms with E-state index in [9.17, 15) is 9.90 Å². The van der Waals surface area contributed by atoms with Gasteiger partial charge in [-0.05, 0) is 31.9 Å². The number of hydrogen-bond acceptors (Lipinski definition) is 3. The maximum atomic E-state index is 11.4. The highest BCUT2D eigenvalue weighted by Crippen LogP contribution is 2.32. The Kier molecular flexibility index (Phi) is 4.32. The number of methoxy groups -OCH3 is 1. The number of halogens is 1. The van der Waals surface area contributed by atoms with Crippen molar-refractivity contribution in [3.05, 3.63) is 28.8 Å². The standard InChI is InChI=1S/C14H18ClNO3/c1-9-8-10(19-2)6-7-16(9)12-5-3-4-11(15)13(12)14(17)18/h3-5,9-10H,6-8H2,1-2H3,(H,17,18). The smallest absolute Gasteiger partial charge is 0.339 e. The predicted octanol–water partition coefficient (Wildman–Crippen LogP) is 3.04. The van der Waals surface area contributed by atoms with E-state index < -0.39 is 5.97 Å². The van der Waals surface area contributed by atoms with Gasteiger partial charge in [-0.15, -0.1) is 0 Å². The maximum absolute atomic E-state index is 11.4. The summed E-state index contributed by atoms with van der Waals surface area (Å²) in [6, 6.07) is 5.45. The third-order valence-electron chi connectivity index (χ3n) is 3.68. The SMILES string of the molecule is COC1CCN(c2cccc(Cl)c2C(=O)O)C(C)C1. The van der Waals surface area contributed by atoms with Gasteiger partial charge in [-0.2, -0.15) is 0 Å². The van der Waals surface area contributed by atoms with Crippen molar-refractivity contribution < 1.29 is 14.6 Å². The monoisotopic (exact) mass is 283 g/mol. The number of aromatic carboxylic acids is 1. The van der Waals surface area contributed by atoms with E-state index in [0.717, 1.165) is 19.4 Å². The molecule has 0 saturated carbocycles. The molecule has 1 aliphatic heterocycles. The van der Waals surface area contributed by atoms with Gasteiger partial charge in [0.15, 0.2) is 0 Å². The number of carbonyl (C=O) groups is 1. The number of nitrogens with zero attached hydrogens (tertiary/aromatic N) is 1. The summed E-state index contributed by atoms with van der Waals surface area (Å²) in [5, 5.41) is 9.61. The first-order chi connectivity index (χ1) is 9.04. The molecule has 2 rings (SSSR count). The van der Waals surface area contributed by atoms with E-state index in [-0.39, 0.29) is 22.7 Å². The van der Waals surface area contributed by atoms with E-state index in [1.807, 2.05) is 6.07 Å². The van der Waals surface area contributed by atoms with Gasteiger partial charge in [0.2, 0.25) is 0 Å². The van der Waals surface area contributed by atoms with Crippen LogP contribution in [-0.2, 0) is 4.74 Å². The van der Waals surface area contributed by atoms with Crippen molar-refractivity contribution in [2.75, 3.05) is 18.6 Å². The minimum Gasteiger partial charge on any atom is -0.478 e. The zero-order chi connectivity index (χ0) is 14.0. The second-order valence-corrected chi connectivity index (χ2v) is 5.27. The van der Waals surface area contributed by atoms with Crippen molar-refractivity contribution in [2.45, 2.75) is 31.9 Å². The van der Waals surface area contributed by atoms with Crippen molar-refractivity contribution in [1.29, 1.82) is 0 Å². The first kappa shape index (κ1) is 14.2. The molecule has 2 unspecified atom stereocenters. The number of carboxylic acid groups (broad SMARTS) is 1. The van der Waals surface area contributed by atoms with Crippen LogP contribution in [0.4, 0.5) is 5.69 Å². The summed E-state index contributed by atoms with van der Waals surface area (Å²) >= 11 is 6.02. The van der Waals surface area contributed by atoms with Crippen LogP contribution in [0, 0.1) is 0 Å². The zero-order valence-electron chi connectivity index (χ0n) is 11.1. The maximum Gasteiger partial charge on any atom is 0.339 e. The Hall–Kier alpha value is -1.26. The molecule has 0 aliphatic carbocycles. The Morgan fingerprint density at radius 1 is 1.53 bits per heavy atom. The lowest BCUT2D eigenvalue weighted by Gasteiger charge is -2.39. The largest absolute Gasteiger partial charge is 0.478 e. The van der Waals surface area contributed by atoms with Crippen LogP contribution in [0.1, 0.15) is 30.1 Å². The van der Waals surface area contributed by atoms with Crippen LogP contribution in [0.3, 0.4) is 0 Å². The fourth-order valence-electron chi connectivity index (χ4n) is 2.66. The highest BCUT2D eigenvalue weighted by molar-refractivity contribution is 6.34. The van der Waals surface area contributed by atoms with Crippen LogP contribution in [0.2, 0.25) is 5.02 Å². The molecule has 0 aromatic heterocycles. The molecule has 0 amide bonds. The van der Waals surface area contributed by atoms with Crippen LogP contribution in [0.25, 0.3) is 0 Å². The van der Waals surface area contributed by atoms with Crippen molar-refractivity contribution in [2.24, 2.45) is 0 Å². The second-order valence-electron chi connectivity index (χ2n) is 4.86. The van der Waals surface area contributed by atoms with Crippen molar-refractivity contribution in [3.8, 4) is 0 Å². The lowest BCUT2D eigenvalue weighted by atomic mass is 9.98. The van der Waals surface area contributed by atoms with Gasteiger partial charge < -0.3 is 14.7 Å². The molecule has 0 radical (unpaired) electrons. The van der Waals surface area contributed by atoms with E-state index in [1.54, 1.807) is 19.2 Å². The van der Waals surface area contributed by atoms with Crippen molar-refractivity contribution in [3.63, 3.8) is 0 Å². The van der Waals surface area contributed by atoms with E-state index in [1.165, 1.54) is 0 Å². The average molecular weight is 284 g/mol. The molecule has 1 aliphatic rings. The summed E-state index contributed by atoms with van der Waals surface area (Å²) in [4.78, 5) is 13.5. The van der Waals surface area contributed by atoms with Gasteiger partial charge in [0.25, 0.3) is 0 Å². The van der Waals surface area contributed by atoms with Gasteiger partial charge in [-0.3, -0.25) is 0 Å². The number of piperidine rings is 1. The summed E-state index contributed by atoms with van der Waals surface area (Å²) in [5.41, 5.74) is 0.883. The molecule has 4 nitrogen and oxygen atoms in total. The van der Waals surface area contributed by atoms with Crippen LogP contribution in [0.15, 0.2) is 18.2 Å². The third-order valence-corrected chi connectivity index (χ3v) is 3.99. The van der Waals surface area contributed by atoms with Gasteiger partial charge >= 0.3 is 5.97 Å². The average Bonchev–Trinajstić information content (AvgIpc) is 2.37. The normalized spacial score (nSPS) is 23.4. The first-order valence-electron chi connectivity index (χ1n) is 6.35. The first-order valence-corrected chi connectivity index (χ1v) is 6.73. The van der Waals surface area contributed by atoms with Gasteiger partial charge in [0.05, 0.1) is 16.8 Å².